The molecule has 2 aromatic rings. The third kappa shape index (κ3) is 1.48. The van der Waals surface area contributed by atoms with Crippen molar-refractivity contribution in [2.45, 2.75) is 26.7 Å². The lowest BCUT2D eigenvalue weighted by Gasteiger charge is -2.07. The molecule has 0 aliphatic rings. The van der Waals surface area contributed by atoms with Crippen LogP contribution in [0.15, 0.2) is 12.5 Å². The Kier molecular flexibility index (Phi) is 2.38. The molecule has 4 nitrogen and oxygen atoms in total. The minimum absolute atomic E-state index is 0.391. The van der Waals surface area contributed by atoms with Crippen LogP contribution < -0.4 is 11.2 Å². The topological polar surface area (TPSA) is 56.7 Å². The smallest absolute Gasteiger partial charge is 0.157 e. The van der Waals surface area contributed by atoms with Gasteiger partial charge >= 0.3 is 0 Å². The summed E-state index contributed by atoms with van der Waals surface area (Å²) in [4.78, 5) is 8.35. The molecule has 5 heteroatoms. The molecule has 15 heavy (non-hydrogen) atoms. The van der Waals surface area contributed by atoms with Gasteiger partial charge in [0.25, 0.3) is 0 Å². The number of aromatic nitrogens is 3. The van der Waals surface area contributed by atoms with Gasteiger partial charge in [-0.25, -0.2) is 9.97 Å². The molecule has 78 valence electrons. The summed E-state index contributed by atoms with van der Waals surface area (Å²) in [5.74, 6) is 0.580. The van der Waals surface area contributed by atoms with Crippen molar-refractivity contribution in [2.24, 2.45) is 0 Å². The third-order valence-electron chi connectivity index (χ3n) is 2.65. The summed E-state index contributed by atoms with van der Waals surface area (Å²) in [6.45, 7) is 6.39. The zero-order chi connectivity index (χ0) is 11.0. The van der Waals surface area contributed by atoms with Crippen LogP contribution in [0.25, 0.3) is 11.0 Å². The largest absolute Gasteiger partial charge is 0.383 e. The lowest BCUT2D eigenvalue weighted by molar-refractivity contribution is 0.618. The maximum Gasteiger partial charge on any atom is 0.157 e. The standard InChI is InChI=1S/C10H15BN4/c1-6(2)15-4-7(11-3)8-9(12)13-5-14-10(8)15/h4-6,11H,1-3H3,(H2,12,13,14). The highest BCUT2D eigenvalue weighted by atomic mass is 15.1. The van der Waals surface area contributed by atoms with Crippen LogP contribution in [0.3, 0.4) is 0 Å². The van der Waals surface area contributed by atoms with Crippen molar-refractivity contribution < 1.29 is 0 Å². The molecule has 0 aliphatic heterocycles. The summed E-state index contributed by atoms with van der Waals surface area (Å²) in [6.07, 6.45) is 3.65. The van der Waals surface area contributed by atoms with Gasteiger partial charge < -0.3 is 10.3 Å². The number of anilines is 1. The SMILES string of the molecule is CBc1cn(C(C)C)c2ncnc(N)c12. The molecular weight excluding hydrogens is 187 g/mol. The lowest BCUT2D eigenvalue weighted by Crippen LogP contribution is -2.10. The molecule has 0 saturated heterocycles. The van der Waals surface area contributed by atoms with E-state index in [1.807, 2.05) is 0 Å². The van der Waals surface area contributed by atoms with E-state index >= 15 is 0 Å². The number of hydrogen-bond donors (Lipinski definition) is 1. The number of rotatable bonds is 2. The van der Waals surface area contributed by atoms with Crippen LogP contribution in [0.4, 0.5) is 5.82 Å². The van der Waals surface area contributed by atoms with Crippen LogP contribution >= 0.6 is 0 Å². The van der Waals surface area contributed by atoms with Crippen LogP contribution in [0.2, 0.25) is 6.82 Å². The van der Waals surface area contributed by atoms with E-state index in [1.54, 1.807) is 0 Å². The van der Waals surface area contributed by atoms with Crippen LogP contribution in [0.5, 0.6) is 0 Å². The molecular formula is C10H15BN4. The van der Waals surface area contributed by atoms with Gasteiger partial charge in [0.1, 0.15) is 17.8 Å². The summed E-state index contributed by atoms with van der Waals surface area (Å²) in [5, 5.41) is 1.01. The average Bonchev–Trinajstić information content (AvgIpc) is 2.58. The molecule has 0 saturated carbocycles. The third-order valence-corrected chi connectivity index (χ3v) is 2.65. The maximum atomic E-state index is 5.88. The van der Waals surface area contributed by atoms with Gasteiger partial charge in [-0.3, -0.25) is 0 Å². The molecule has 0 radical (unpaired) electrons. The van der Waals surface area contributed by atoms with E-state index < -0.39 is 0 Å². The van der Waals surface area contributed by atoms with E-state index in [0.717, 1.165) is 18.3 Å². The molecule has 0 bridgehead atoms. The van der Waals surface area contributed by atoms with Crippen LogP contribution in [-0.4, -0.2) is 21.8 Å². The Balaban J connectivity index is 2.81. The van der Waals surface area contributed by atoms with Crippen LogP contribution in [0.1, 0.15) is 19.9 Å². The predicted octanol–water partition coefficient (Wildman–Crippen LogP) is 0.704. The Morgan fingerprint density at radius 1 is 1.40 bits per heavy atom. The second-order valence-corrected chi connectivity index (χ2v) is 3.97. The van der Waals surface area contributed by atoms with E-state index in [1.165, 1.54) is 11.8 Å². The Bertz CT molecular complexity index is 489. The number of nitrogens with two attached hydrogens (primary N) is 1. The number of nitrogens with zero attached hydrogens (tertiary/aromatic N) is 3. The van der Waals surface area contributed by atoms with E-state index in [9.17, 15) is 0 Å². The molecule has 0 amide bonds. The fraction of sp³-hybridized carbons (Fsp3) is 0.400. The highest BCUT2D eigenvalue weighted by Gasteiger charge is 2.13. The number of nitrogen functional groups attached to an aromatic ring is 1. The minimum Gasteiger partial charge on any atom is -0.383 e. The second kappa shape index (κ2) is 3.57. The van der Waals surface area contributed by atoms with Crippen molar-refractivity contribution in [2.75, 3.05) is 5.73 Å². The number of hydrogen-bond acceptors (Lipinski definition) is 3. The lowest BCUT2D eigenvalue weighted by atomic mass is 9.73. The van der Waals surface area contributed by atoms with Crippen molar-refractivity contribution in [3.05, 3.63) is 12.5 Å². The van der Waals surface area contributed by atoms with Gasteiger partial charge in [0, 0.05) is 12.2 Å². The van der Waals surface area contributed by atoms with Gasteiger partial charge in [-0.15, -0.1) is 0 Å². The highest BCUT2D eigenvalue weighted by molar-refractivity contribution is 6.56. The van der Waals surface area contributed by atoms with Crippen LogP contribution in [0, 0.1) is 0 Å². The van der Waals surface area contributed by atoms with Crippen molar-refractivity contribution in [3.8, 4) is 0 Å². The van der Waals surface area contributed by atoms with Crippen LogP contribution in [-0.2, 0) is 0 Å². The van der Waals surface area contributed by atoms with E-state index in [4.69, 9.17) is 5.73 Å². The summed E-state index contributed by atoms with van der Waals surface area (Å²) >= 11 is 0. The van der Waals surface area contributed by atoms with Gasteiger partial charge in [0.2, 0.25) is 0 Å². The average molecular weight is 202 g/mol. The molecule has 0 atom stereocenters. The van der Waals surface area contributed by atoms with E-state index in [0.29, 0.717) is 11.9 Å². The van der Waals surface area contributed by atoms with Crippen molar-refractivity contribution >= 4 is 29.6 Å². The van der Waals surface area contributed by atoms with Gasteiger partial charge in [-0.1, -0.05) is 12.3 Å². The first kappa shape index (κ1) is 10.0. The van der Waals surface area contributed by atoms with E-state index in [-0.39, 0.29) is 0 Å². The fourth-order valence-corrected chi connectivity index (χ4v) is 1.85. The Morgan fingerprint density at radius 3 is 2.73 bits per heavy atom. The maximum absolute atomic E-state index is 5.88. The summed E-state index contributed by atoms with van der Waals surface area (Å²) < 4.78 is 2.15. The minimum atomic E-state index is 0.391. The molecule has 0 unspecified atom stereocenters. The number of fused-ring (bicyclic) bond motifs is 1. The molecule has 0 aromatic carbocycles. The molecule has 2 aromatic heterocycles. The zero-order valence-corrected chi connectivity index (χ0v) is 9.36. The summed E-state index contributed by atoms with van der Waals surface area (Å²) in [5.41, 5.74) is 8.04. The van der Waals surface area contributed by atoms with Crippen molar-refractivity contribution in [1.29, 1.82) is 0 Å². The molecule has 2 N–H and O–H groups in total. The fourth-order valence-electron chi connectivity index (χ4n) is 1.85. The predicted molar refractivity (Wildman–Crippen MR) is 65.0 cm³/mol. The molecule has 2 rings (SSSR count). The summed E-state index contributed by atoms with van der Waals surface area (Å²) in [6, 6.07) is 0.391. The van der Waals surface area contributed by atoms with Gasteiger partial charge in [0.05, 0.1) is 5.39 Å². The second-order valence-electron chi connectivity index (χ2n) is 3.97. The zero-order valence-electron chi connectivity index (χ0n) is 9.36. The monoisotopic (exact) mass is 202 g/mol. The molecule has 2 heterocycles. The Hall–Kier alpha value is -1.52. The molecule has 0 fully saturated rings. The molecule has 0 spiro atoms. The quantitative estimate of drug-likeness (QED) is 0.729. The first-order valence-corrected chi connectivity index (χ1v) is 5.25. The Morgan fingerprint density at radius 2 is 2.13 bits per heavy atom. The summed E-state index contributed by atoms with van der Waals surface area (Å²) in [7, 11) is 0.952. The van der Waals surface area contributed by atoms with Gasteiger partial charge in [-0.2, -0.15) is 0 Å². The van der Waals surface area contributed by atoms with E-state index in [2.05, 4.69) is 41.4 Å². The van der Waals surface area contributed by atoms with Crippen molar-refractivity contribution in [3.63, 3.8) is 0 Å². The molecule has 0 aliphatic carbocycles. The first-order valence-electron chi connectivity index (χ1n) is 5.25. The normalized spacial score (nSPS) is 11.2. The van der Waals surface area contributed by atoms with Gasteiger partial charge in [0.15, 0.2) is 7.28 Å². The first-order chi connectivity index (χ1) is 7.15. The highest BCUT2D eigenvalue weighted by Crippen LogP contribution is 2.19. The van der Waals surface area contributed by atoms with Crippen molar-refractivity contribution in [1.82, 2.24) is 14.5 Å². The Labute approximate surface area is 89.8 Å². The van der Waals surface area contributed by atoms with Gasteiger partial charge in [-0.05, 0) is 13.8 Å².